The van der Waals surface area contributed by atoms with Crippen molar-refractivity contribution >= 4 is 5.69 Å². The van der Waals surface area contributed by atoms with E-state index in [4.69, 9.17) is 4.74 Å². The zero-order chi connectivity index (χ0) is 13.1. The molecule has 0 aromatic heterocycles. The molecule has 0 bridgehead atoms. The maximum Gasteiger partial charge on any atom is 0.122 e. The van der Waals surface area contributed by atoms with E-state index in [1.165, 1.54) is 0 Å². The fourth-order valence-corrected chi connectivity index (χ4v) is 2.30. The van der Waals surface area contributed by atoms with Gasteiger partial charge in [-0.15, -0.1) is 0 Å². The minimum absolute atomic E-state index is 0.155. The summed E-state index contributed by atoms with van der Waals surface area (Å²) in [6.07, 6.45) is 0.247. The van der Waals surface area contributed by atoms with Crippen molar-refractivity contribution in [3.05, 3.63) is 23.8 Å². The van der Waals surface area contributed by atoms with Crippen LogP contribution in [0.5, 0.6) is 5.75 Å². The molecule has 1 aliphatic heterocycles. The monoisotopic (exact) mass is 250 g/mol. The van der Waals surface area contributed by atoms with Gasteiger partial charge in [0.2, 0.25) is 0 Å². The first-order chi connectivity index (χ1) is 8.61. The molecule has 0 saturated carbocycles. The highest BCUT2D eigenvalue weighted by Gasteiger charge is 2.18. The molecule has 4 nitrogen and oxygen atoms in total. The number of rotatable bonds is 3. The lowest BCUT2D eigenvalue weighted by Gasteiger charge is -2.33. The highest BCUT2D eigenvalue weighted by Crippen LogP contribution is 2.29. The third-order valence-corrected chi connectivity index (χ3v) is 3.52. The van der Waals surface area contributed by atoms with Crippen LogP contribution in [0.15, 0.2) is 18.2 Å². The number of aromatic hydroxyl groups is 1. The first-order valence-electron chi connectivity index (χ1n) is 6.48. The molecule has 100 valence electrons. The molecule has 1 heterocycles. The number of benzene rings is 1. The van der Waals surface area contributed by atoms with E-state index in [1.54, 1.807) is 0 Å². The van der Waals surface area contributed by atoms with Gasteiger partial charge in [-0.05, 0) is 27.0 Å². The van der Waals surface area contributed by atoms with Crippen molar-refractivity contribution in [3.8, 4) is 5.75 Å². The van der Waals surface area contributed by atoms with Gasteiger partial charge in [0.15, 0.2) is 0 Å². The van der Waals surface area contributed by atoms with E-state index in [-0.39, 0.29) is 12.1 Å². The van der Waals surface area contributed by atoms with Crippen molar-refractivity contribution in [2.24, 2.45) is 0 Å². The average Bonchev–Trinajstić information content (AvgIpc) is 2.37. The van der Waals surface area contributed by atoms with Gasteiger partial charge in [-0.1, -0.05) is 6.07 Å². The Morgan fingerprint density at radius 1 is 1.50 bits per heavy atom. The Bertz CT molecular complexity index is 409. The van der Waals surface area contributed by atoms with Crippen molar-refractivity contribution in [1.29, 1.82) is 0 Å². The van der Waals surface area contributed by atoms with Crippen LogP contribution in [0.4, 0.5) is 5.69 Å². The van der Waals surface area contributed by atoms with Crippen molar-refractivity contribution in [2.75, 3.05) is 31.6 Å². The lowest BCUT2D eigenvalue weighted by molar-refractivity contribution is 0.0532. The van der Waals surface area contributed by atoms with Gasteiger partial charge >= 0.3 is 0 Å². The van der Waals surface area contributed by atoms with Crippen molar-refractivity contribution in [2.45, 2.75) is 26.0 Å². The molecule has 2 rings (SSSR count). The third-order valence-electron chi connectivity index (χ3n) is 3.52. The molecule has 2 unspecified atom stereocenters. The molecule has 0 spiro atoms. The summed E-state index contributed by atoms with van der Waals surface area (Å²) in [5, 5.41) is 13.2. The number of phenolic OH excluding ortho intramolecular Hbond substituents is 1. The summed E-state index contributed by atoms with van der Waals surface area (Å²) in [5.41, 5.74) is 2.00. The van der Waals surface area contributed by atoms with Crippen LogP contribution in [0, 0.1) is 0 Å². The zero-order valence-corrected chi connectivity index (χ0v) is 11.3. The second-order valence-electron chi connectivity index (χ2n) is 4.88. The molecular weight excluding hydrogens is 228 g/mol. The van der Waals surface area contributed by atoms with Crippen LogP contribution < -0.4 is 10.2 Å². The molecule has 2 N–H and O–H groups in total. The Kier molecular flexibility index (Phi) is 4.09. The van der Waals surface area contributed by atoms with Gasteiger partial charge in [0, 0.05) is 36.4 Å². The van der Waals surface area contributed by atoms with Crippen molar-refractivity contribution in [1.82, 2.24) is 5.32 Å². The minimum Gasteiger partial charge on any atom is -0.508 e. The molecule has 18 heavy (non-hydrogen) atoms. The molecular formula is C14H22N2O2. The summed E-state index contributed by atoms with van der Waals surface area (Å²) in [6, 6.07) is 6.07. The summed E-state index contributed by atoms with van der Waals surface area (Å²) >= 11 is 0. The van der Waals surface area contributed by atoms with Crippen molar-refractivity contribution < 1.29 is 9.84 Å². The van der Waals surface area contributed by atoms with Gasteiger partial charge in [0.25, 0.3) is 0 Å². The van der Waals surface area contributed by atoms with Crippen LogP contribution >= 0.6 is 0 Å². The highest BCUT2D eigenvalue weighted by molar-refractivity contribution is 5.54. The van der Waals surface area contributed by atoms with E-state index in [0.717, 1.165) is 30.9 Å². The maximum atomic E-state index is 10.1. The number of phenols is 1. The second kappa shape index (κ2) is 5.59. The van der Waals surface area contributed by atoms with E-state index in [2.05, 4.69) is 23.2 Å². The molecule has 1 aromatic rings. The smallest absolute Gasteiger partial charge is 0.122 e. The molecule has 0 amide bonds. The largest absolute Gasteiger partial charge is 0.508 e. The van der Waals surface area contributed by atoms with Crippen molar-refractivity contribution in [3.63, 3.8) is 0 Å². The van der Waals surface area contributed by atoms with Crippen LogP contribution in [0.1, 0.15) is 25.5 Å². The molecule has 4 heteroatoms. The topological polar surface area (TPSA) is 44.7 Å². The molecule has 2 atom stereocenters. The Hall–Kier alpha value is -1.26. The Labute approximate surface area is 109 Å². The number of ether oxygens (including phenoxy) is 1. The van der Waals surface area contributed by atoms with Crippen LogP contribution in [0.3, 0.4) is 0 Å². The molecule has 1 fully saturated rings. The van der Waals surface area contributed by atoms with E-state index in [9.17, 15) is 5.11 Å². The predicted molar refractivity (Wildman–Crippen MR) is 73.2 cm³/mol. The number of nitrogens with one attached hydrogen (secondary N) is 1. The second-order valence-corrected chi connectivity index (χ2v) is 4.88. The highest BCUT2D eigenvalue weighted by atomic mass is 16.5. The van der Waals surface area contributed by atoms with E-state index in [1.807, 2.05) is 26.1 Å². The normalized spacial score (nSPS) is 21.9. The number of anilines is 1. The molecule has 1 aliphatic rings. The number of morpholine rings is 1. The quantitative estimate of drug-likeness (QED) is 0.860. The number of hydrogen-bond donors (Lipinski definition) is 2. The number of nitrogens with zero attached hydrogens (tertiary/aromatic N) is 1. The predicted octanol–water partition coefficient (Wildman–Crippen LogP) is 1.90. The van der Waals surface area contributed by atoms with Gasteiger partial charge in [-0.2, -0.15) is 0 Å². The lowest BCUT2D eigenvalue weighted by atomic mass is 10.1. The van der Waals surface area contributed by atoms with E-state index in [0.29, 0.717) is 5.75 Å². The SMILES string of the molecule is CNC(C)c1ccc(N2CCOC(C)C2)cc1O. The summed E-state index contributed by atoms with van der Waals surface area (Å²) in [4.78, 5) is 2.25. The average molecular weight is 250 g/mol. The van der Waals surface area contributed by atoms with Gasteiger partial charge in [0.05, 0.1) is 12.7 Å². The first kappa shape index (κ1) is 13.2. The standard InChI is InChI=1S/C14H22N2O2/c1-10-9-16(6-7-18-10)12-4-5-13(11(2)15-3)14(17)8-12/h4-5,8,10-11,15,17H,6-7,9H2,1-3H3. The third kappa shape index (κ3) is 2.76. The Morgan fingerprint density at radius 3 is 2.89 bits per heavy atom. The molecule has 1 saturated heterocycles. The van der Waals surface area contributed by atoms with Crippen LogP contribution in [0.25, 0.3) is 0 Å². The minimum atomic E-state index is 0.155. The number of hydrogen-bond acceptors (Lipinski definition) is 4. The van der Waals surface area contributed by atoms with Crippen LogP contribution in [-0.4, -0.2) is 38.0 Å². The Morgan fingerprint density at radius 2 is 2.28 bits per heavy atom. The van der Waals surface area contributed by atoms with Crippen LogP contribution in [0.2, 0.25) is 0 Å². The molecule has 0 aliphatic carbocycles. The summed E-state index contributed by atoms with van der Waals surface area (Å²) in [6.45, 7) is 6.61. The van der Waals surface area contributed by atoms with Gasteiger partial charge in [-0.25, -0.2) is 0 Å². The fraction of sp³-hybridized carbons (Fsp3) is 0.571. The zero-order valence-electron chi connectivity index (χ0n) is 11.3. The van der Waals surface area contributed by atoms with Gasteiger partial charge in [0.1, 0.15) is 5.75 Å². The van der Waals surface area contributed by atoms with E-state index >= 15 is 0 Å². The molecule has 1 aromatic carbocycles. The summed E-state index contributed by atoms with van der Waals surface area (Å²) in [5.74, 6) is 0.355. The van der Waals surface area contributed by atoms with Gasteiger partial charge in [-0.3, -0.25) is 0 Å². The lowest BCUT2D eigenvalue weighted by Crippen LogP contribution is -2.41. The van der Waals surface area contributed by atoms with Gasteiger partial charge < -0.3 is 20.1 Å². The molecule has 0 radical (unpaired) electrons. The summed E-state index contributed by atoms with van der Waals surface area (Å²) < 4.78 is 5.52. The van der Waals surface area contributed by atoms with Crippen LogP contribution in [-0.2, 0) is 4.74 Å². The first-order valence-corrected chi connectivity index (χ1v) is 6.48. The maximum absolute atomic E-state index is 10.1. The summed E-state index contributed by atoms with van der Waals surface area (Å²) in [7, 11) is 1.89. The van der Waals surface area contributed by atoms with E-state index < -0.39 is 0 Å². The fourth-order valence-electron chi connectivity index (χ4n) is 2.30. The Balaban J connectivity index is 2.17.